The average Bonchev–Trinajstić information content (AvgIpc) is 2.18. The molecule has 1 atom stereocenters. The minimum atomic E-state index is -0.319. The summed E-state index contributed by atoms with van der Waals surface area (Å²) >= 11 is 3.36. The predicted molar refractivity (Wildman–Crippen MR) is 57.6 cm³/mol. The van der Waals surface area contributed by atoms with Gasteiger partial charge in [-0.1, -0.05) is 35.0 Å². The maximum absolute atomic E-state index is 9.22. The standard InChI is InChI=1S/C10H14BrNO/c1-10(6-12,7-13)8-2-4-9(11)5-3-8/h2-5,13H,6-7,12H2,1H3. The van der Waals surface area contributed by atoms with Gasteiger partial charge in [-0.25, -0.2) is 0 Å². The summed E-state index contributed by atoms with van der Waals surface area (Å²) in [5.74, 6) is 0. The predicted octanol–water partition coefficient (Wildman–Crippen LogP) is 1.66. The van der Waals surface area contributed by atoms with Crippen molar-refractivity contribution in [3.8, 4) is 0 Å². The molecule has 0 amide bonds. The fraction of sp³-hybridized carbons (Fsp3) is 0.400. The van der Waals surface area contributed by atoms with E-state index in [-0.39, 0.29) is 12.0 Å². The van der Waals surface area contributed by atoms with Crippen molar-refractivity contribution >= 4 is 15.9 Å². The zero-order valence-electron chi connectivity index (χ0n) is 7.63. The van der Waals surface area contributed by atoms with Crippen molar-refractivity contribution in [2.24, 2.45) is 5.73 Å². The van der Waals surface area contributed by atoms with E-state index < -0.39 is 0 Å². The molecule has 1 unspecified atom stereocenters. The first-order chi connectivity index (χ1) is 6.12. The molecule has 0 saturated heterocycles. The first-order valence-corrected chi connectivity index (χ1v) is 4.98. The number of halogens is 1. The van der Waals surface area contributed by atoms with Crippen LogP contribution in [-0.4, -0.2) is 18.3 Å². The van der Waals surface area contributed by atoms with E-state index in [4.69, 9.17) is 5.73 Å². The summed E-state index contributed by atoms with van der Waals surface area (Å²) in [5, 5.41) is 9.22. The van der Waals surface area contributed by atoms with Crippen LogP contribution in [0.4, 0.5) is 0 Å². The van der Waals surface area contributed by atoms with Gasteiger partial charge in [0.25, 0.3) is 0 Å². The van der Waals surface area contributed by atoms with Crippen molar-refractivity contribution in [3.05, 3.63) is 34.3 Å². The van der Waals surface area contributed by atoms with Crippen LogP contribution in [0.25, 0.3) is 0 Å². The fourth-order valence-corrected chi connectivity index (χ4v) is 1.39. The summed E-state index contributed by atoms with van der Waals surface area (Å²) in [4.78, 5) is 0. The third-order valence-corrected chi connectivity index (χ3v) is 2.87. The molecule has 3 heteroatoms. The molecule has 1 aromatic rings. The van der Waals surface area contributed by atoms with Crippen LogP contribution in [0.1, 0.15) is 12.5 Å². The molecule has 72 valence electrons. The monoisotopic (exact) mass is 243 g/mol. The minimum absolute atomic E-state index is 0.0745. The summed E-state index contributed by atoms with van der Waals surface area (Å²) in [6, 6.07) is 7.87. The zero-order chi connectivity index (χ0) is 9.90. The second-order valence-corrected chi connectivity index (χ2v) is 4.35. The maximum Gasteiger partial charge on any atom is 0.0537 e. The van der Waals surface area contributed by atoms with Crippen LogP contribution in [0.3, 0.4) is 0 Å². The lowest BCUT2D eigenvalue weighted by atomic mass is 9.83. The van der Waals surface area contributed by atoms with Gasteiger partial charge in [-0.05, 0) is 17.7 Å². The van der Waals surface area contributed by atoms with E-state index in [0.717, 1.165) is 10.0 Å². The van der Waals surface area contributed by atoms with Crippen molar-refractivity contribution in [3.63, 3.8) is 0 Å². The normalized spacial score (nSPS) is 15.4. The lowest BCUT2D eigenvalue weighted by molar-refractivity contribution is 0.210. The lowest BCUT2D eigenvalue weighted by Gasteiger charge is -2.25. The van der Waals surface area contributed by atoms with E-state index in [1.165, 1.54) is 0 Å². The third-order valence-electron chi connectivity index (χ3n) is 2.34. The highest BCUT2D eigenvalue weighted by atomic mass is 79.9. The molecule has 0 spiro atoms. The highest BCUT2D eigenvalue weighted by molar-refractivity contribution is 9.10. The Labute approximate surface area is 86.9 Å². The lowest BCUT2D eigenvalue weighted by Crippen LogP contribution is -2.35. The van der Waals surface area contributed by atoms with Crippen LogP contribution in [0.2, 0.25) is 0 Å². The summed E-state index contributed by atoms with van der Waals surface area (Å²) < 4.78 is 1.04. The molecule has 0 aliphatic rings. The highest BCUT2D eigenvalue weighted by Gasteiger charge is 2.23. The van der Waals surface area contributed by atoms with Gasteiger partial charge in [0, 0.05) is 16.4 Å². The van der Waals surface area contributed by atoms with E-state index in [9.17, 15) is 5.11 Å². The number of rotatable bonds is 3. The molecule has 0 radical (unpaired) electrons. The van der Waals surface area contributed by atoms with Gasteiger partial charge >= 0.3 is 0 Å². The van der Waals surface area contributed by atoms with Crippen molar-refractivity contribution in [2.45, 2.75) is 12.3 Å². The number of aliphatic hydroxyl groups excluding tert-OH is 1. The molecule has 0 aromatic heterocycles. The largest absolute Gasteiger partial charge is 0.395 e. The zero-order valence-corrected chi connectivity index (χ0v) is 9.21. The molecule has 13 heavy (non-hydrogen) atoms. The number of nitrogens with two attached hydrogens (primary N) is 1. The Bertz CT molecular complexity index is 267. The molecule has 1 aromatic carbocycles. The van der Waals surface area contributed by atoms with Crippen LogP contribution in [0.15, 0.2) is 28.7 Å². The molecule has 0 bridgehead atoms. The van der Waals surface area contributed by atoms with Gasteiger partial charge in [-0.3, -0.25) is 0 Å². The first kappa shape index (κ1) is 10.7. The number of aliphatic hydroxyl groups is 1. The van der Waals surface area contributed by atoms with Crippen LogP contribution in [-0.2, 0) is 5.41 Å². The third kappa shape index (κ3) is 2.30. The van der Waals surface area contributed by atoms with Crippen LogP contribution in [0, 0.1) is 0 Å². The summed E-state index contributed by atoms with van der Waals surface area (Å²) in [6.45, 7) is 2.48. The second-order valence-electron chi connectivity index (χ2n) is 3.43. The molecule has 0 saturated carbocycles. The average molecular weight is 244 g/mol. The SMILES string of the molecule is CC(CN)(CO)c1ccc(Br)cc1. The Morgan fingerprint density at radius 3 is 2.31 bits per heavy atom. The van der Waals surface area contributed by atoms with Gasteiger partial charge in [-0.2, -0.15) is 0 Å². The van der Waals surface area contributed by atoms with Crippen molar-refractivity contribution < 1.29 is 5.11 Å². The van der Waals surface area contributed by atoms with E-state index in [1.54, 1.807) is 0 Å². The molecular weight excluding hydrogens is 230 g/mol. The summed E-state index contributed by atoms with van der Waals surface area (Å²) in [5.41, 5.74) is 6.37. The molecule has 2 nitrogen and oxygen atoms in total. The Balaban J connectivity index is 2.99. The van der Waals surface area contributed by atoms with E-state index >= 15 is 0 Å². The van der Waals surface area contributed by atoms with Gasteiger partial charge in [0.1, 0.15) is 0 Å². The fourth-order valence-electron chi connectivity index (χ4n) is 1.13. The summed E-state index contributed by atoms with van der Waals surface area (Å²) in [6.07, 6.45) is 0. The Kier molecular flexibility index (Phi) is 3.47. The summed E-state index contributed by atoms with van der Waals surface area (Å²) in [7, 11) is 0. The number of hydrogen-bond donors (Lipinski definition) is 2. The Morgan fingerprint density at radius 1 is 1.38 bits per heavy atom. The molecule has 0 aliphatic carbocycles. The minimum Gasteiger partial charge on any atom is -0.395 e. The van der Waals surface area contributed by atoms with Gasteiger partial charge in [-0.15, -0.1) is 0 Å². The van der Waals surface area contributed by atoms with E-state index in [2.05, 4.69) is 15.9 Å². The highest BCUT2D eigenvalue weighted by Crippen LogP contribution is 2.23. The first-order valence-electron chi connectivity index (χ1n) is 4.19. The van der Waals surface area contributed by atoms with Crippen molar-refractivity contribution in [2.75, 3.05) is 13.2 Å². The number of benzene rings is 1. The van der Waals surface area contributed by atoms with Gasteiger partial charge in [0.2, 0.25) is 0 Å². The molecule has 3 N–H and O–H groups in total. The molecular formula is C10H14BrNO. The smallest absolute Gasteiger partial charge is 0.0537 e. The van der Waals surface area contributed by atoms with Gasteiger partial charge in [0.05, 0.1) is 6.61 Å². The topological polar surface area (TPSA) is 46.2 Å². The second kappa shape index (κ2) is 4.22. The van der Waals surface area contributed by atoms with Gasteiger partial charge < -0.3 is 10.8 Å². The molecule has 1 rings (SSSR count). The maximum atomic E-state index is 9.22. The van der Waals surface area contributed by atoms with Crippen LogP contribution >= 0.6 is 15.9 Å². The van der Waals surface area contributed by atoms with Crippen molar-refractivity contribution in [1.29, 1.82) is 0 Å². The quantitative estimate of drug-likeness (QED) is 0.849. The van der Waals surface area contributed by atoms with Gasteiger partial charge in [0.15, 0.2) is 0 Å². The molecule has 0 fully saturated rings. The van der Waals surface area contributed by atoms with Crippen molar-refractivity contribution in [1.82, 2.24) is 0 Å². The van der Waals surface area contributed by atoms with E-state index in [1.807, 2.05) is 31.2 Å². The van der Waals surface area contributed by atoms with Crippen LogP contribution < -0.4 is 5.73 Å². The number of hydrogen-bond acceptors (Lipinski definition) is 2. The molecule has 0 heterocycles. The van der Waals surface area contributed by atoms with Crippen LogP contribution in [0.5, 0.6) is 0 Å². The van der Waals surface area contributed by atoms with E-state index in [0.29, 0.717) is 6.54 Å². The Hall–Kier alpha value is -0.380. The Morgan fingerprint density at radius 2 is 1.92 bits per heavy atom. The molecule has 0 aliphatic heterocycles.